The molecule has 0 saturated carbocycles. The highest BCUT2D eigenvalue weighted by Gasteiger charge is 2.36. The van der Waals surface area contributed by atoms with Gasteiger partial charge < -0.3 is 5.11 Å². The molecule has 28 heavy (non-hydrogen) atoms. The highest BCUT2D eigenvalue weighted by Crippen LogP contribution is 2.32. The fraction of sp³-hybridized carbons (Fsp3) is 0.105. The number of para-hydroxylation sites is 1. The first-order valence-corrected chi connectivity index (χ1v) is 9.99. The molecular formula is C19H14BrN5O2S. The predicted octanol–water partition coefficient (Wildman–Crippen LogP) is 5.15. The Morgan fingerprint density at radius 3 is 2.68 bits per heavy atom. The molecule has 2 aromatic carbocycles. The summed E-state index contributed by atoms with van der Waals surface area (Å²) in [5, 5.41) is 25.8. The van der Waals surface area contributed by atoms with Crippen LogP contribution in [0.3, 0.4) is 0 Å². The first kappa shape index (κ1) is 18.5. The molecule has 0 bridgehead atoms. The van der Waals surface area contributed by atoms with Gasteiger partial charge in [-0.2, -0.15) is 20.3 Å². The second kappa shape index (κ2) is 7.61. The van der Waals surface area contributed by atoms with Crippen molar-refractivity contribution in [3.63, 3.8) is 0 Å². The molecule has 1 aliphatic rings. The number of anilines is 1. The van der Waals surface area contributed by atoms with E-state index >= 15 is 0 Å². The molecule has 1 atom stereocenters. The minimum absolute atomic E-state index is 0.00204. The number of phenolic OH excluding ortho intramolecular Hbond substituents is 1. The first-order valence-electron chi connectivity index (χ1n) is 8.32. The van der Waals surface area contributed by atoms with Crippen LogP contribution in [0.25, 0.3) is 11.3 Å². The van der Waals surface area contributed by atoms with Gasteiger partial charge in [0.25, 0.3) is 5.91 Å². The van der Waals surface area contributed by atoms with E-state index in [1.807, 2.05) is 29.6 Å². The third kappa shape index (κ3) is 3.58. The molecule has 140 valence electrons. The number of hydrogen-bond acceptors (Lipinski definition) is 7. The summed E-state index contributed by atoms with van der Waals surface area (Å²) in [5.41, 5.74) is 2.54. The third-order valence-electron chi connectivity index (χ3n) is 4.07. The number of halogens is 1. The molecule has 1 N–H and O–H groups in total. The summed E-state index contributed by atoms with van der Waals surface area (Å²) in [5.74, 6) is -0.324. The SMILES string of the molecule is CC1=NN(c2nc(-c3ccc(Br)cc3)cs2)C(=O)[C@@H]1N=Nc1ccccc1O. The Morgan fingerprint density at radius 2 is 1.93 bits per heavy atom. The van der Waals surface area contributed by atoms with Crippen molar-refractivity contribution in [3.8, 4) is 17.0 Å². The Bertz CT molecular complexity index is 1090. The summed E-state index contributed by atoms with van der Waals surface area (Å²) >= 11 is 4.74. The number of hydrazone groups is 1. The molecule has 3 aromatic rings. The molecule has 0 spiro atoms. The minimum atomic E-state index is -0.834. The monoisotopic (exact) mass is 455 g/mol. The van der Waals surface area contributed by atoms with Gasteiger partial charge in [-0.15, -0.1) is 11.3 Å². The zero-order valence-electron chi connectivity index (χ0n) is 14.7. The van der Waals surface area contributed by atoms with E-state index in [1.165, 1.54) is 22.4 Å². The van der Waals surface area contributed by atoms with Gasteiger partial charge in [0, 0.05) is 15.4 Å². The van der Waals surface area contributed by atoms with Crippen molar-refractivity contribution < 1.29 is 9.90 Å². The van der Waals surface area contributed by atoms with Crippen molar-refractivity contribution in [2.45, 2.75) is 13.0 Å². The summed E-state index contributed by atoms with van der Waals surface area (Å²) in [6, 6.07) is 13.5. The zero-order chi connectivity index (χ0) is 19.7. The fourth-order valence-corrected chi connectivity index (χ4v) is 3.66. The highest BCUT2D eigenvalue weighted by atomic mass is 79.9. The molecule has 2 heterocycles. The maximum absolute atomic E-state index is 12.8. The number of aromatic nitrogens is 1. The maximum Gasteiger partial charge on any atom is 0.282 e. The molecule has 0 unspecified atom stereocenters. The van der Waals surface area contributed by atoms with Gasteiger partial charge in [0.1, 0.15) is 11.4 Å². The van der Waals surface area contributed by atoms with Crippen LogP contribution >= 0.6 is 27.3 Å². The summed E-state index contributed by atoms with van der Waals surface area (Å²) in [6.45, 7) is 1.72. The van der Waals surface area contributed by atoms with E-state index in [9.17, 15) is 9.90 Å². The van der Waals surface area contributed by atoms with Crippen molar-refractivity contribution in [1.82, 2.24) is 4.98 Å². The van der Waals surface area contributed by atoms with Crippen LogP contribution in [0.4, 0.5) is 10.8 Å². The van der Waals surface area contributed by atoms with Crippen LogP contribution in [-0.2, 0) is 4.79 Å². The summed E-state index contributed by atoms with van der Waals surface area (Å²) in [7, 11) is 0. The number of nitrogens with zero attached hydrogens (tertiary/aromatic N) is 5. The van der Waals surface area contributed by atoms with E-state index in [1.54, 1.807) is 25.1 Å². The number of benzene rings is 2. The number of carbonyl (C=O) groups is 1. The van der Waals surface area contributed by atoms with Gasteiger partial charge in [-0.3, -0.25) is 4.79 Å². The van der Waals surface area contributed by atoms with E-state index in [0.717, 1.165) is 15.7 Å². The van der Waals surface area contributed by atoms with Gasteiger partial charge in [-0.1, -0.05) is 40.2 Å². The zero-order valence-corrected chi connectivity index (χ0v) is 17.1. The number of amides is 1. The Labute approximate surface area is 173 Å². The molecule has 0 saturated heterocycles. The molecule has 7 nitrogen and oxygen atoms in total. The Balaban J connectivity index is 1.55. The lowest BCUT2D eigenvalue weighted by atomic mass is 10.2. The van der Waals surface area contributed by atoms with E-state index < -0.39 is 6.04 Å². The highest BCUT2D eigenvalue weighted by molar-refractivity contribution is 9.10. The molecule has 9 heteroatoms. The summed E-state index contributed by atoms with van der Waals surface area (Å²) in [4.78, 5) is 17.3. The lowest BCUT2D eigenvalue weighted by Gasteiger charge is -2.08. The molecule has 0 radical (unpaired) electrons. The molecule has 0 aliphatic carbocycles. The molecule has 1 amide bonds. The van der Waals surface area contributed by atoms with Gasteiger partial charge >= 0.3 is 0 Å². The van der Waals surface area contributed by atoms with Crippen molar-refractivity contribution in [3.05, 3.63) is 58.4 Å². The predicted molar refractivity (Wildman–Crippen MR) is 112 cm³/mol. The third-order valence-corrected chi connectivity index (χ3v) is 5.42. The Hall–Kier alpha value is -2.91. The largest absolute Gasteiger partial charge is 0.506 e. The number of phenols is 1. The number of carbonyl (C=O) groups excluding carboxylic acids is 1. The number of rotatable bonds is 4. The van der Waals surface area contributed by atoms with Crippen LogP contribution in [-0.4, -0.2) is 27.8 Å². The first-order chi connectivity index (χ1) is 13.5. The van der Waals surface area contributed by atoms with Crippen LogP contribution in [0.1, 0.15) is 6.92 Å². The van der Waals surface area contributed by atoms with Crippen LogP contribution in [0.2, 0.25) is 0 Å². The maximum atomic E-state index is 12.8. The van der Waals surface area contributed by atoms with Gasteiger partial charge in [-0.05, 0) is 31.2 Å². The quantitative estimate of drug-likeness (QED) is 0.551. The molecule has 4 rings (SSSR count). The Kier molecular flexibility index (Phi) is 5.01. The van der Waals surface area contributed by atoms with Crippen LogP contribution in [0, 0.1) is 0 Å². The fourth-order valence-electron chi connectivity index (χ4n) is 2.61. The second-order valence-electron chi connectivity index (χ2n) is 6.02. The van der Waals surface area contributed by atoms with E-state index in [4.69, 9.17) is 0 Å². The topological polar surface area (TPSA) is 90.5 Å². The van der Waals surface area contributed by atoms with Gasteiger partial charge in [-0.25, -0.2) is 4.98 Å². The normalized spacial score (nSPS) is 16.8. The molecule has 0 fully saturated rings. The van der Waals surface area contributed by atoms with Crippen molar-refractivity contribution in [2.75, 3.05) is 5.01 Å². The smallest absolute Gasteiger partial charge is 0.282 e. The lowest BCUT2D eigenvalue weighted by Crippen LogP contribution is -2.29. The van der Waals surface area contributed by atoms with Gasteiger partial charge in [0.05, 0.1) is 11.4 Å². The van der Waals surface area contributed by atoms with Crippen LogP contribution in [0.15, 0.2) is 73.7 Å². The van der Waals surface area contributed by atoms with Crippen molar-refractivity contribution in [1.29, 1.82) is 0 Å². The van der Waals surface area contributed by atoms with Gasteiger partial charge in [0.15, 0.2) is 6.04 Å². The average Bonchev–Trinajstić information content (AvgIpc) is 3.27. The van der Waals surface area contributed by atoms with Crippen molar-refractivity contribution >= 4 is 49.7 Å². The number of azo groups is 1. The molecular weight excluding hydrogens is 442 g/mol. The lowest BCUT2D eigenvalue weighted by molar-refractivity contribution is -0.117. The molecule has 1 aliphatic heterocycles. The van der Waals surface area contributed by atoms with Gasteiger partial charge in [0.2, 0.25) is 5.13 Å². The van der Waals surface area contributed by atoms with E-state index in [-0.39, 0.29) is 11.7 Å². The average molecular weight is 456 g/mol. The number of aromatic hydroxyl groups is 1. The Morgan fingerprint density at radius 1 is 1.18 bits per heavy atom. The van der Waals surface area contributed by atoms with Crippen LogP contribution in [0.5, 0.6) is 5.75 Å². The van der Waals surface area contributed by atoms with E-state index in [2.05, 4.69) is 36.2 Å². The van der Waals surface area contributed by atoms with Crippen molar-refractivity contribution in [2.24, 2.45) is 15.3 Å². The standard InChI is InChI=1S/C19H14BrN5O2S/c1-11-17(23-22-14-4-2-3-5-16(14)26)18(27)25(24-11)19-21-15(10-28-19)12-6-8-13(20)9-7-12/h2-10,17,26H,1H3/t17-/m1/s1. The van der Waals surface area contributed by atoms with E-state index in [0.29, 0.717) is 16.5 Å². The van der Waals surface area contributed by atoms with Crippen LogP contribution < -0.4 is 5.01 Å². The number of hydrogen-bond donors (Lipinski definition) is 1. The second-order valence-corrected chi connectivity index (χ2v) is 7.77. The summed E-state index contributed by atoms with van der Waals surface area (Å²) in [6.07, 6.45) is 0. The minimum Gasteiger partial charge on any atom is -0.506 e. The summed E-state index contributed by atoms with van der Waals surface area (Å²) < 4.78 is 0.985. The molecule has 1 aromatic heterocycles. The number of thiazole rings is 1.